The van der Waals surface area contributed by atoms with Gasteiger partial charge in [0.15, 0.2) is 5.76 Å². The number of hydrogen-bond donors (Lipinski definition) is 0. The van der Waals surface area contributed by atoms with E-state index in [1.165, 1.54) is 0 Å². The molecule has 0 unspecified atom stereocenters. The number of allylic oxidation sites excluding steroid dienone is 1. The molecule has 0 bridgehead atoms. The normalized spacial score (nSPS) is 14.4. The summed E-state index contributed by atoms with van der Waals surface area (Å²) in [4.78, 5) is 12.4. The molecular formula is C20H13BrO4. The predicted molar refractivity (Wildman–Crippen MR) is 96.6 cm³/mol. The number of furan rings is 1. The fraction of sp³-hybridized carbons (Fsp3) is 0.0500. The molecule has 1 aromatic heterocycles. The lowest BCUT2D eigenvalue weighted by Crippen LogP contribution is -1.97. The van der Waals surface area contributed by atoms with Gasteiger partial charge in [-0.3, -0.25) is 4.79 Å². The van der Waals surface area contributed by atoms with Gasteiger partial charge in [-0.05, 0) is 42.0 Å². The Morgan fingerprint density at radius 1 is 1.08 bits per heavy atom. The summed E-state index contributed by atoms with van der Waals surface area (Å²) < 4.78 is 17.7. The summed E-state index contributed by atoms with van der Waals surface area (Å²) in [5.41, 5.74) is 1.58. The van der Waals surface area contributed by atoms with Crippen LogP contribution in [-0.4, -0.2) is 5.78 Å². The number of carbonyl (C=O) groups excluding carboxylic acids is 1. The van der Waals surface area contributed by atoms with Crippen LogP contribution >= 0.6 is 15.9 Å². The zero-order valence-corrected chi connectivity index (χ0v) is 14.7. The van der Waals surface area contributed by atoms with E-state index in [4.69, 9.17) is 13.9 Å². The van der Waals surface area contributed by atoms with Gasteiger partial charge in [0.1, 0.15) is 23.9 Å². The van der Waals surface area contributed by atoms with Gasteiger partial charge in [0, 0.05) is 16.6 Å². The molecule has 124 valence electrons. The molecule has 2 heterocycles. The van der Waals surface area contributed by atoms with Crippen LogP contribution < -0.4 is 9.47 Å². The monoisotopic (exact) mass is 396 g/mol. The third kappa shape index (κ3) is 3.37. The molecule has 0 N–H and O–H groups in total. The Labute approximate surface area is 152 Å². The summed E-state index contributed by atoms with van der Waals surface area (Å²) in [5, 5.41) is 0. The van der Waals surface area contributed by atoms with E-state index in [1.54, 1.807) is 42.7 Å². The van der Waals surface area contributed by atoms with Gasteiger partial charge in [-0.25, -0.2) is 0 Å². The SMILES string of the molecule is O=C1C(=Cc2ccco2)Oc2cc(OCc3ccc(Br)cc3)ccc21. The Morgan fingerprint density at radius 3 is 2.68 bits per heavy atom. The molecule has 25 heavy (non-hydrogen) atoms. The number of fused-ring (bicyclic) bond motifs is 1. The van der Waals surface area contributed by atoms with Gasteiger partial charge in [0.05, 0.1) is 11.8 Å². The molecular weight excluding hydrogens is 384 g/mol. The molecule has 0 amide bonds. The van der Waals surface area contributed by atoms with E-state index in [0.29, 0.717) is 29.4 Å². The molecule has 4 rings (SSSR count). The third-order valence-corrected chi connectivity index (χ3v) is 4.31. The fourth-order valence-electron chi connectivity index (χ4n) is 2.51. The molecule has 1 aliphatic heterocycles. The highest BCUT2D eigenvalue weighted by atomic mass is 79.9. The van der Waals surface area contributed by atoms with Gasteiger partial charge in [-0.2, -0.15) is 0 Å². The summed E-state index contributed by atoms with van der Waals surface area (Å²) in [6.45, 7) is 0.440. The van der Waals surface area contributed by atoms with Crippen LogP contribution in [0.2, 0.25) is 0 Å². The molecule has 1 aliphatic rings. The van der Waals surface area contributed by atoms with Crippen molar-refractivity contribution in [3.8, 4) is 11.5 Å². The molecule has 0 saturated heterocycles. The molecule has 4 nitrogen and oxygen atoms in total. The lowest BCUT2D eigenvalue weighted by Gasteiger charge is -2.07. The minimum Gasteiger partial charge on any atom is -0.489 e. The third-order valence-electron chi connectivity index (χ3n) is 3.78. The second kappa shape index (κ2) is 6.61. The van der Waals surface area contributed by atoms with Crippen LogP contribution in [0.25, 0.3) is 6.08 Å². The van der Waals surface area contributed by atoms with Crippen molar-refractivity contribution < 1.29 is 18.7 Å². The first-order valence-electron chi connectivity index (χ1n) is 7.68. The quantitative estimate of drug-likeness (QED) is 0.566. The van der Waals surface area contributed by atoms with Crippen molar-refractivity contribution in [2.24, 2.45) is 0 Å². The summed E-state index contributed by atoms with van der Waals surface area (Å²) in [6.07, 6.45) is 3.14. The number of carbonyl (C=O) groups is 1. The average Bonchev–Trinajstić information content (AvgIpc) is 3.23. The van der Waals surface area contributed by atoms with E-state index >= 15 is 0 Å². The highest BCUT2D eigenvalue weighted by Gasteiger charge is 2.28. The Hall–Kier alpha value is -2.79. The Kier molecular flexibility index (Phi) is 4.15. The van der Waals surface area contributed by atoms with Crippen molar-refractivity contribution in [3.63, 3.8) is 0 Å². The van der Waals surface area contributed by atoms with Crippen molar-refractivity contribution in [2.45, 2.75) is 6.61 Å². The standard InChI is InChI=1S/C20H13BrO4/c21-14-5-3-13(4-6-14)12-24-16-7-8-17-18(10-16)25-19(20(17)22)11-15-2-1-9-23-15/h1-11H,12H2. The van der Waals surface area contributed by atoms with E-state index < -0.39 is 0 Å². The van der Waals surface area contributed by atoms with Gasteiger partial charge < -0.3 is 13.9 Å². The molecule has 0 radical (unpaired) electrons. The van der Waals surface area contributed by atoms with Crippen molar-refractivity contribution in [1.29, 1.82) is 0 Å². The fourth-order valence-corrected chi connectivity index (χ4v) is 2.77. The minimum atomic E-state index is -0.161. The van der Waals surface area contributed by atoms with Crippen molar-refractivity contribution in [2.75, 3.05) is 0 Å². The first kappa shape index (κ1) is 15.7. The Balaban J connectivity index is 1.50. The van der Waals surface area contributed by atoms with Crippen LogP contribution in [-0.2, 0) is 6.61 Å². The average molecular weight is 397 g/mol. The second-order valence-corrected chi connectivity index (χ2v) is 6.44. The van der Waals surface area contributed by atoms with Crippen molar-refractivity contribution in [1.82, 2.24) is 0 Å². The lowest BCUT2D eigenvalue weighted by atomic mass is 10.1. The second-order valence-electron chi connectivity index (χ2n) is 5.53. The largest absolute Gasteiger partial charge is 0.489 e. The van der Waals surface area contributed by atoms with Crippen LogP contribution in [0.4, 0.5) is 0 Å². The number of ether oxygens (including phenoxy) is 2. The van der Waals surface area contributed by atoms with Crippen LogP contribution in [0.3, 0.4) is 0 Å². The highest BCUT2D eigenvalue weighted by molar-refractivity contribution is 9.10. The smallest absolute Gasteiger partial charge is 0.232 e. The van der Waals surface area contributed by atoms with E-state index in [9.17, 15) is 4.79 Å². The van der Waals surface area contributed by atoms with Crippen LogP contribution in [0.5, 0.6) is 11.5 Å². The number of benzene rings is 2. The molecule has 0 saturated carbocycles. The van der Waals surface area contributed by atoms with Crippen molar-refractivity contribution in [3.05, 3.63) is 88.0 Å². The number of rotatable bonds is 4. The maximum Gasteiger partial charge on any atom is 0.232 e. The lowest BCUT2D eigenvalue weighted by molar-refractivity contribution is 0.101. The zero-order chi connectivity index (χ0) is 17.2. The first-order chi connectivity index (χ1) is 12.2. The van der Waals surface area contributed by atoms with E-state index in [1.807, 2.05) is 24.3 Å². The molecule has 5 heteroatoms. The van der Waals surface area contributed by atoms with Gasteiger partial charge >= 0.3 is 0 Å². The van der Waals surface area contributed by atoms with Gasteiger partial charge in [-0.1, -0.05) is 28.1 Å². The van der Waals surface area contributed by atoms with Gasteiger partial charge in [0.25, 0.3) is 0 Å². The summed E-state index contributed by atoms with van der Waals surface area (Å²) >= 11 is 3.41. The topological polar surface area (TPSA) is 48.7 Å². The number of ketones is 1. The molecule has 0 aliphatic carbocycles. The van der Waals surface area contributed by atoms with E-state index in [-0.39, 0.29) is 11.5 Å². The van der Waals surface area contributed by atoms with Crippen molar-refractivity contribution >= 4 is 27.8 Å². The van der Waals surface area contributed by atoms with Gasteiger partial charge in [-0.15, -0.1) is 0 Å². The van der Waals surface area contributed by atoms with Crippen LogP contribution in [0, 0.1) is 0 Å². The predicted octanol–water partition coefficient (Wildman–Crippen LogP) is 5.24. The molecule has 3 aromatic rings. The maximum absolute atomic E-state index is 12.4. The number of halogens is 1. The Bertz CT molecular complexity index is 940. The molecule has 0 atom stereocenters. The van der Waals surface area contributed by atoms with E-state index in [0.717, 1.165) is 10.0 Å². The Morgan fingerprint density at radius 2 is 1.92 bits per heavy atom. The van der Waals surface area contributed by atoms with E-state index in [2.05, 4.69) is 15.9 Å². The highest BCUT2D eigenvalue weighted by Crippen LogP contribution is 2.35. The molecule has 2 aromatic carbocycles. The number of Topliss-reactive ketones (excluding diaryl/α,β-unsaturated/α-hetero) is 1. The first-order valence-corrected chi connectivity index (χ1v) is 8.47. The molecule has 0 fully saturated rings. The summed E-state index contributed by atoms with van der Waals surface area (Å²) in [5.74, 6) is 1.80. The summed E-state index contributed by atoms with van der Waals surface area (Å²) in [6, 6.07) is 16.7. The van der Waals surface area contributed by atoms with Crippen LogP contribution in [0.1, 0.15) is 21.7 Å². The zero-order valence-electron chi connectivity index (χ0n) is 13.1. The minimum absolute atomic E-state index is 0.161. The summed E-state index contributed by atoms with van der Waals surface area (Å²) in [7, 11) is 0. The van der Waals surface area contributed by atoms with Crippen LogP contribution in [0.15, 0.2) is 75.5 Å². The molecule has 0 spiro atoms. The number of hydrogen-bond acceptors (Lipinski definition) is 4. The maximum atomic E-state index is 12.4. The van der Waals surface area contributed by atoms with Gasteiger partial charge in [0.2, 0.25) is 5.78 Å².